The predicted octanol–water partition coefficient (Wildman–Crippen LogP) is 2.44. The number of para-hydroxylation sites is 1. The van der Waals surface area contributed by atoms with Crippen molar-refractivity contribution in [3.05, 3.63) is 53.7 Å². The van der Waals surface area contributed by atoms with Gasteiger partial charge in [0.25, 0.3) is 0 Å². The van der Waals surface area contributed by atoms with Gasteiger partial charge in [-0.15, -0.1) is 0 Å². The summed E-state index contributed by atoms with van der Waals surface area (Å²) in [6.45, 7) is 4.06. The zero-order valence-electron chi connectivity index (χ0n) is 14.6. The minimum atomic E-state index is -0.210. The maximum atomic E-state index is 12.7. The molecule has 0 N–H and O–H groups in total. The van der Waals surface area contributed by atoms with Crippen LogP contribution in [0.25, 0.3) is 0 Å². The minimum absolute atomic E-state index is 0.0113. The van der Waals surface area contributed by atoms with E-state index in [0.29, 0.717) is 23.8 Å². The molecule has 1 aliphatic heterocycles. The van der Waals surface area contributed by atoms with Crippen molar-refractivity contribution in [1.82, 2.24) is 9.88 Å². The van der Waals surface area contributed by atoms with Gasteiger partial charge < -0.3 is 14.7 Å². The van der Waals surface area contributed by atoms with Crippen LogP contribution < -0.4 is 9.80 Å². The van der Waals surface area contributed by atoms with Gasteiger partial charge in [-0.3, -0.25) is 9.59 Å². The molecule has 0 aliphatic carbocycles. The fourth-order valence-corrected chi connectivity index (χ4v) is 3.24. The summed E-state index contributed by atoms with van der Waals surface area (Å²) >= 11 is 6.19. The molecule has 2 aromatic rings. The number of pyridine rings is 1. The van der Waals surface area contributed by atoms with Gasteiger partial charge in [0.15, 0.2) is 0 Å². The molecule has 0 bridgehead atoms. The largest absolute Gasteiger partial charge is 0.353 e. The third-order valence-corrected chi connectivity index (χ3v) is 4.74. The minimum Gasteiger partial charge on any atom is -0.353 e. The Balaban J connectivity index is 1.63. The van der Waals surface area contributed by atoms with Gasteiger partial charge in [0.1, 0.15) is 12.4 Å². The van der Waals surface area contributed by atoms with Gasteiger partial charge in [0.2, 0.25) is 11.8 Å². The number of carbonyl (C=O) groups excluding carboxylic acids is 2. The fourth-order valence-electron chi connectivity index (χ4n) is 3.00. The van der Waals surface area contributed by atoms with E-state index in [1.807, 2.05) is 18.2 Å². The number of carbonyl (C=O) groups is 2. The first kappa shape index (κ1) is 18.2. The van der Waals surface area contributed by atoms with Gasteiger partial charge in [-0.2, -0.15) is 0 Å². The quantitative estimate of drug-likeness (QED) is 0.827. The van der Waals surface area contributed by atoms with Crippen molar-refractivity contribution in [3.8, 4) is 0 Å². The molecule has 7 heteroatoms. The smallest absolute Gasteiger partial charge is 0.242 e. The lowest BCUT2D eigenvalue weighted by Crippen LogP contribution is -2.52. The summed E-state index contributed by atoms with van der Waals surface area (Å²) in [6, 6.07) is 12.9. The van der Waals surface area contributed by atoms with Crippen LogP contribution in [-0.4, -0.2) is 54.4 Å². The lowest BCUT2D eigenvalue weighted by atomic mass is 10.2. The Hall–Kier alpha value is -2.60. The second-order valence-electron chi connectivity index (χ2n) is 6.11. The number of benzene rings is 1. The van der Waals surface area contributed by atoms with E-state index in [0.717, 1.165) is 18.9 Å². The first-order valence-corrected chi connectivity index (χ1v) is 8.90. The van der Waals surface area contributed by atoms with Crippen molar-refractivity contribution in [1.29, 1.82) is 0 Å². The summed E-state index contributed by atoms with van der Waals surface area (Å²) in [7, 11) is 0. The predicted molar refractivity (Wildman–Crippen MR) is 103 cm³/mol. The highest BCUT2D eigenvalue weighted by atomic mass is 35.5. The molecule has 1 fully saturated rings. The summed E-state index contributed by atoms with van der Waals surface area (Å²) in [5.74, 6) is 0.625. The maximum absolute atomic E-state index is 12.7. The van der Waals surface area contributed by atoms with E-state index < -0.39 is 0 Å². The molecule has 1 saturated heterocycles. The van der Waals surface area contributed by atoms with Gasteiger partial charge in [-0.25, -0.2) is 4.98 Å². The Morgan fingerprint density at radius 1 is 1.08 bits per heavy atom. The van der Waals surface area contributed by atoms with Crippen molar-refractivity contribution >= 4 is 34.9 Å². The maximum Gasteiger partial charge on any atom is 0.242 e. The highest BCUT2D eigenvalue weighted by Crippen LogP contribution is 2.25. The number of nitrogens with zero attached hydrogens (tertiary/aromatic N) is 4. The molecule has 2 amide bonds. The van der Waals surface area contributed by atoms with Crippen LogP contribution in [-0.2, 0) is 9.59 Å². The van der Waals surface area contributed by atoms with Crippen LogP contribution in [0.1, 0.15) is 6.92 Å². The molecule has 1 aliphatic rings. The third kappa shape index (κ3) is 4.14. The zero-order valence-corrected chi connectivity index (χ0v) is 15.4. The number of aromatic nitrogens is 1. The second kappa shape index (κ2) is 8.19. The van der Waals surface area contributed by atoms with Crippen molar-refractivity contribution in [2.75, 3.05) is 42.5 Å². The van der Waals surface area contributed by atoms with E-state index in [1.54, 1.807) is 35.4 Å². The summed E-state index contributed by atoms with van der Waals surface area (Å²) < 4.78 is 0. The van der Waals surface area contributed by atoms with Crippen LogP contribution in [0, 0.1) is 0 Å². The molecule has 1 aromatic heterocycles. The molecule has 136 valence electrons. The topological polar surface area (TPSA) is 56.8 Å². The lowest BCUT2D eigenvalue weighted by molar-refractivity contribution is -0.131. The molecular formula is C19H21ClN4O2. The molecule has 6 nitrogen and oxygen atoms in total. The molecule has 0 radical (unpaired) electrons. The average molecular weight is 373 g/mol. The van der Waals surface area contributed by atoms with Gasteiger partial charge >= 0.3 is 0 Å². The fraction of sp³-hybridized carbons (Fsp3) is 0.316. The molecule has 1 aromatic carbocycles. The number of hydrogen-bond acceptors (Lipinski definition) is 4. The van der Waals surface area contributed by atoms with Gasteiger partial charge in [-0.1, -0.05) is 29.8 Å². The number of piperazine rings is 1. The van der Waals surface area contributed by atoms with Gasteiger partial charge in [0.05, 0.1) is 10.7 Å². The average Bonchev–Trinajstić information content (AvgIpc) is 2.67. The Morgan fingerprint density at radius 3 is 2.38 bits per heavy atom. The van der Waals surface area contributed by atoms with Gasteiger partial charge in [-0.05, 0) is 24.3 Å². The van der Waals surface area contributed by atoms with Crippen LogP contribution in [0.3, 0.4) is 0 Å². The second-order valence-corrected chi connectivity index (χ2v) is 6.52. The normalized spacial score (nSPS) is 14.2. The Kier molecular flexibility index (Phi) is 5.73. The van der Waals surface area contributed by atoms with Crippen LogP contribution in [0.15, 0.2) is 48.7 Å². The monoisotopic (exact) mass is 372 g/mol. The van der Waals surface area contributed by atoms with Crippen LogP contribution in [0.4, 0.5) is 11.5 Å². The molecule has 2 heterocycles. The van der Waals surface area contributed by atoms with Crippen LogP contribution >= 0.6 is 11.6 Å². The highest BCUT2D eigenvalue weighted by Gasteiger charge is 2.25. The van der Waals surface area contributed by atoms with Gasteiger partial charge in [0, 0.05) is 39.3 Å². The van der Waals surface area contributed by atoms with E-state index in [4.69, 9.17) is 11.6 Å². The van der Waals surface area contributed by atoms with Crippen LogP contribution in [0.5, 0.6) is 0 Å². The van der Waals surface area contributed by atoms with Crippen molar-refractivity contribution in [3.63, 3.8) is 0 Å². The SMILES string of the molecule is CC(=O)N(CC(=O)N1CCN(c2ccccn2)CC1)c1ccccc1Cl. The van der Waals surface area contributed by atoms with E-state index in [1.165, 1.54) is 11.8 Å². The van der Waals surface area contributed by atoms with Crippen LogP contribution in [0.2, 0.25) is 5.02 Å². The Bertz CT molecular complexity index is 776. The zero-order chi connectivity index (χ0) is 18.5. The number of anilines is 2. The standard InChI is InChI=1S/C19H21ClN4O2/c1-15(25)24(17-7-3-2-6-16(17)20)14-19(26)23-12-10-22(11-13-23)18-8-4-5-9-21-18/h2-9H,10-14H2,1H3. The number of rotatable bonds is 4. The number of amides is 2. The lowest BCUT2D eigenvalue weighted by Gasteiger charge is -2.36. The number of hydrogen-bond donors (Lipinski definition) is 0. The summed E-state index contributed by atoms with van der Waals surface area (Å²) in [5, 5.41) is 0.454. The van der Waals surface area contributed by atoms with E-state index >= 15 is 0 Å². The van der Waals surface area contributed by atoms with Crippen molar-refractivity contribution in [2.24, 2.45) is 0 Å². The van der Waals surface area contributed by atoms with Crippen molar-refractivity contribution < 1.29 is 9.59 Å². The molecule has 3 rings (SSSR count). The summed E-state index contributed by atoms with van der Waals surface area (Å²) in [4.78, 5) is 34.4. The molecule has 0 atom stereocenters. The Morgan fingerprint density at radius 2 is 1.77 bits per heavy atom. The third-order valence-electron chi connectivity index (χ3n) is 4.42. The first-order valence-electron chi connectivity index (χ1n) is 8.52. The highest BCUT2D eigenvalue weighted by molar-refractivity contribution is 6.33. The first-order chi connectivity index (χ1) is 12.6. The molecule has 0 unspecified atom stereocenters. The molecule has 26 heavy (non-hydrogen) atoms. The summed E-state index contributed by atoms with van der Waals surface area (Å²) in [6.07, 6.45) is 1.77. The Labute approximate surface area is 158 Å². The van der Waals surface area contributed by atoms with Crippen molar-refractivity contribution in [2.45, 2.75) is 6.92 Å². The molecular weight excluding hydrogens is 352 g/mol. The molecule has 0 saturated carbocycles. The van der Waals surface area contributed by atoms with E-state index in [9.17, 15) is 9.59 Å². The summed E-state index contributed by atoms with van der Waals surface area (Å²) in [5.41, 5.74) is 0.558. The molecule has 0 spiro atoms. The van der Waals surface area contributed by atoms with E-state index in [2.05, 4.69) is 9.88 Å². The van der Waals surface area contributed by atoms with E-state index in [-0.39, 0.29) is 18.4 Å². The number of halogens is 1.